The van der Waals surface area contributed by atoms with Crippen molar-refractivity contribution < 1.29 is 9.13 Å². The number of methoxy groups -OCH3 is 1. The number of nitrogens with zero attached hydrogens (tertiary/aromatic N) is 3. The number of aryl methyl sites for hydroxylation is 1. The molecule has 1 aliphatic rings. The Morgan fingerprint density at radius 2 is 1.84 bits per heavy atom. The number of pyridine rings is 1. The molecule has 0 atom stereocenters. The van der Waals surface area contributed by atoms with Gasteiger partial charge in [0.2, 0.25) is 0 Å². The third-order valence-corrected chi connectivity index (χ3v) is 6.26. The summed E-state index contributed by atoms with van der Waals surface area (Å²) in [6.45, 7) is 1.99. The summed E-state index contributed by atoms with van der Waals surface area (Å²) in [6, 6.07) is 14.0. The lowest BCUT2D eigenvalue weighted by molar-refractivity contribution is 0.310. The molecule has 7 heteroatoms. The molecule has 0 N–H and O–H groups in total. The molecule has 5 nitrogen and oxygen atoms in total. The number of halogens is 2. The number of hydrogen-bond donors (Lipinski definition) is 0. The van der Waals surface area contributed by atoms with Gasteiger partial charge in [-0.1, -0.05) is 6.07 Å². The second-order valence-electron chi connectivity index (χ2n) is 8.14. The van der Waals surface area contributed by atoms with E-state index >= 15 is 0 Å². The highest BCUT2D eigenvalue weighted by Gasteiger charge is 2.21. The van der Waals surface area contributed by atoms with Crippen LogP contribution < -0.4 is 10.3 Å². The van der Waals surface area contributed by atoms with E-state index in [1.54, 1.807) is 29.0 Å². The molecule has 2 aromatic heterocycles. The van der Waals surface area contributed by atoms with Crippen molar-refractivity contribution in [3.8, 4) is 22.6 Å². The lowest BCUT2D eigenvalue weighted by atomic mass is 10.0. The fourth-order valence-electron chi connectivity index (χ4n) is 4.56. The molecular formula is C25H25ClFN3O2. The van der Waals surface area contributed by atoms with Gasteiger partial charge in [-0.25, -0.2) is 4.39 Å². The maximum Gasteiger partial charge on any atom is 0.255 e. The Balaban J connectivity index is 0.00000245. The van der Waals surface area contributed by atoms with Gasteiger partial charge in [0.15, 0.2) is 0 Å². The van der Waals surface area contributed by atoms with Gasteiger partial charge in [0.1, 0.15) is 11.6 Å². The second-order valence-corrected chi connectivity index (χ2v) is 8.14. The quantitative estimate of drug-likeness (QED) is 0.456. The Morgan fingerprint density at radius 3 is 2.56 bits per heavy atom. The molecule has 1 aliphatic heterocycles. The fourth-order valence-corrected chi connectivity index (χ4v) is 4.56. The van der Waals surface area contributed by atoms with Crippen LogP contribution in [-0.2, 0) is 20.0 Å². The third kappa shape index (κ3) is 3.59. The number of hydrogen-bond acceptors (Lipinski definition) is 3. The Hall–Kier alpha value is -3.09. The molecule has 0 saturated carbocycles. The second kappa shape index (κ2) is 8.45. The van der Waals surface area contributed by atoms with Crippen molar-refractivity contribution in [2.45, 2.75) is 13.0 Å². The predicted molar refractivity (Wildman–Crippen MR) is 128 cm³/mol. The third-order valence-electron chi connectivity index (χ3n) is 6.26. The lowest BCUT2D eigenvalue weighted by Crippen LogP contribution is -2.26. The van der Waals surface area contributed by atoms with E-state index in [4.69, 9.17) is 4.74 Å². The van der Waals surface area contributed by atoms with E-state index in [1.807, 2.05) is 6.07 Å². The van der Waals surface area contributed by atoms with Gasteiger partial charge in [-0.3, -0.25) is 9.36 Å². The normalized spacial score (nSPS) is 13.6. The SMILES string of the molecule is COc1ccc(-c2ccn(-c3ccc4c5c(n(C)c4c3)CCN(C)C5)c(=O)c2)c(F)c1.Cl. The van der Waals surface area contributed by atoms with Gasteiger partial charge in [0.25, 0.3) is 5.56 Å². The van der Waals surface area contributed by atoms with Gasteiger partial charge in [-0.2, -0.15) is 0 Å². The van der Waals surface area contributed by atoms with Crippen LogP contribution in [0.4, 0.5) is 4.39 Å². The molecule has 0 aliphatic carbocycles. The number of aromatic nitrogens is 2. The zero-order valence-corrected chi connectivity index (χ0v) is 19.1. The summed E-state index contributed by atoms with van der Waals surface area (Å²) >= 11 is 0. The molecule has 0 saturated heterocycles. The molecular weight excluding hydrogens is 429 g/mol. The van der Waals surface area contributed by atoms with Gasteiger partial charge in [0, 0.05) is 61.5 Å². The largest absolute Gasteiger partial charge is 0.497 e. The first-order valence-corrected chi connectivity index (χ1v) is 10.3. The molecule has 0 spiro atoms. The van der Waals surface area contributed by atoms with Crippen LogP contribution in [0.3, 0.4) is 0 Å². The van der Waals surface area contributed by atoms with Crippen molar-refractivity contribution in [3.63, 3.8) is 0 Å². The fraction of sp³-hybridized carbons (Fsp3) is 0.240. The van der Waals surface area contributed by atoms with Crippen molar-refractivity contribution in [1.82, 2.24) is 14.0 Å². The maximum atomic E-state index is 14.4. The van der Waals surface area contributed by atoms with Gasteiger partial charge >= 0.3 is 0 Å². The average molecular weight is 454 g/mol. The minimum absolute atomic E-state index is 0. The zero-order valence-electron chi connectivity index (χ0n) is 18.3. The number of benzene rings is 2. The van der Waals surface area contributed by atoms with Crippen molar-refractivity contribution in [3.05, 3.63) is 82.2 Å². The topological polar surface area (TPSA) is 39.4 Å². The van der Waals surface area contributed by atoms with E-state index in [1.165, 1.54) is 35.9 Å². The van der Waals surface area contributed by atoms with Crippen LogP contribution >= 0.6 is 12.4 Å². The van der Waals surface area contributed by atoms with Gasteiger partial charge in [-0.05, 0) is 48.5 Å². The Kier molecular flexibility index (Phi) is 5.84. The van der Waals surface area contributed by atoms with E-state index in [9.17, 15) is 9.18 Å². The molecule has 0 fully saturated rings. The predicted octanol–water partition coefficient (Wildman–Crippen LogP) is 4.55. The van der Waals surface area contributed by atoms with Crippen molar-refractivity contribution in [1.29, 1.82) is 0 Å². The summed E-state index contributed by atoms with van der Waals surface area (Å²) in [7, 11) is 5.73. The van der Waals surface area contributed by atoms with Crippen LogP contribution in [0.2, 0.25) is 0 Å². The molecule has 32 heavy (non-hydrogen) atoms. The van der Waals surface area contributed by atoms with Gasteiger partial charge in [-0.15, -0.1) is 12.4 Å². The van der Waals surface area contributed by atoms with E-state index in [-0.39, 0.29) is 18.0 Å². The molecule has 5 rings (SSSR count). The Morgan fingerprint density at radius 1 is 1.03 bits per heavy atom. The summed E-state index contributed by atoms with van der Waals surface area (Å²) in [6.07, 6.45) is 2.73. The Bertz CT molecular complexity index is 1380. The number of rotatable bonds is 3. The van der Waals surface area contributed by atoms with E-state index in [0.717, 1.165) is 30.7 Å². The molecule has 0 bridgehead atoms. The summed E-state index contributed by atoms with van der Waals surface area (Å²) in [4.78, 5) is 15.2. The molecule has 3 heterocycles. The molecule has 2 aromatic carbocycles. The number of ether oxygens (including phenoxy) is 1. The average Bonchev–Trinajstić information content (AvgIpc) is 3.04. The van der Waals surface area contributed by atoms with E-state index in [2.05, 4.69) is 35.7 Å². The van der Waals surface area contributed by atoms with Crippen LogP contribution in [0.1, 0.15) is 11.3 Å². The number of fused-ring (bicyclic) bond motifs is 3. The molecule has 4 aromatic rings. The van der Waals surface area contributed by atoms with Crippen molar-refractivity contribution in [2.24, 2.45) is 7.05 Å². The highest BCUT2D eigenvalue weighted by Crippen LogP contribution is 2.31. The highest BCUT2D eigenvalue weighted by atomic mass is 35.5. The molecule has 0 amide bonds. The summed E-state index contributed by atoms with van der Waals surface area (Å²) in [5.41, 5.74) is 5.37. The summed E-state index contributed by atoms with van der Waals surface area (Å²) in [5, 5.41) is 1.23. The molecule has 166 valence electrons. The first-order valence-electron chi connectivity index (χ1n) is 10.3. The van der Waals surface area contributed by atoms with E-state index < -0.39 is 5.82 Å². The van der Waals surface area contributed by atoms with Crippen LogP contribution in [0.25, 0.3) is 27.7 Å². The monoisotopic (exact) mass is 453 g/mol. The molecule has 0 unspecified atom stereocenters. The standard InChI is InChI=1S/C25H24FN3O2.ClH/c1-27-10-9-23-21(15-27)20-6-4-17(13-24(20)28(23)2)29-11-8-16(12-25(29)30)19-7-5-18(31-3)14-22(19)26;/h4-8,11-14H,9-10,15H2,1-3H3;1H. The summed E-state index contributed by atoms with van der Waals surface area (Å²) in [5.74, 6) is 0.0247. The summed E-state index contributed by atoms with van der Waals surface area (Å²) < 4.78 is 23.3. The number of likely N-dealkylation sites (N-methyl/N-ethyl adjacent to an activating group) is 1. The lowest BCUT2D eigenvalue weighted by Gasteiger charge is -2.23. The first-order chi connectivity index (χ1) is 15.0. The minimum atomic E-state index is -0.419. The molecule has 0 radical (unpaired) electrons. The maximum absolute atomic E-state index is 14.4. The highest BCUT2D eigenvalue weighted by molar-refractivity contribution is 5.87. The first kappa shape index (κ1) is 22.1. The minimum Gasteiger partial charge on any atom is -0.497 e. The van der Waals surface area contributed by atoms with Crippen molar-refractivity contribution >= 4 is 23.3 Å². The zero-order chi connectivity index (χ0) is 21.7. The van der Waals surface area contributed by atoms with Crippen LogP contribution in [-0.4, -0.2) is 34.7 Å². The van der Waals surface area contributed by atoms with Crippen molar-refractivity contribution in [2.75, 3.05) is 20.7 Å². The van der Waals surface area contributed by atoms with E-state index in [0.29, 0.717) is 16.9 Å². The smallest absolute Gasteiger partial charge is 0.255 e. The van der Waals surface area contributed by atoms with Crippen LogP contribution in [0.5, 0.6) is 5.75 Å². The van der Waals surface area contributed by atoms with Gasteiger partial charge in [0.05, 0.1) is 18.3 Å². The van der Waals surface area contributed by atoms with Gasteiger partial charge < -0.3 is 14.2 Å². The Labute approximate surface area is 192 Å². The van der Waals surface area contributed by atoms with Crippen LogP contribution in [0, 0.1) is 5.82 Å². The van der Waals surface area contributed by atoms with Crippen LogP contribution in [0.15, 0.2) is 59.5 Å².